The minimum absolute atomic E-state index is 0.0971. The van der Waals surface area contributed by atoms with E-state index in [4.69, 9.17) is 8.83 Å². The molecule has 2 aromatic heterocycles. The molecule has 0 bridgehead atoms. The van der Waals surface area contributed by atoms with E-state index in [2.05, 4.69) is 21.4 Å². The molecule has 9 nitrogen and oxygen atoms in total. The van der Waals surface area contributed by atoms with Crippen molar-refractivity contribution in [2.45, 2.75) is 46.5 Å². The lowest BCUT2D eigenvalue weighted by Crippen LogP contribution is -2.41. The fourth-order valence-electron chi connectivity index (χ4n) is 4.70. The van der Waals surface area contributed by atoms with E-state index < -0.39 is 11.8 Å². The number of nitrogens with one attached hydrogen (secondary N) is 3. The molecule has 38 heavy (non-hydrogen) atoms. The number of nitrogens with zero attached hydrogens (tertiary/aromatic N) is 1. The SMILES string of the molecule is Cc1ccc2c(CC(=O)N/N=C3\CCCc4oc(C(=O)NNC(=O)c5ccccc5)c(C)c43)coc2c1C. The van der Waals surface area contributed by atoms with E-state index in [1.54, 1.807) is 43.5 Å². The van der Waals surface area contributed by atoms with Gasteiger partial charge in [0.2, 0.25) is 5.91 Å². The Bertz CT molecular complexity index is 1580. The van der Waals surface area contributed by atoms with Crippen molar-refractivity contribution in [3.05, 3.63) is 93.6 Å². The van der Waals surface area contributed by atoms with Crippen LogP contribution in [0, 0.1) is 20.8 Å². The second-order valence-corrected chi connectivity index (χ2v) is 9.40. The number of fused-ring (bicyclic) bond motifs is 2. The minimum atomic E-state index is -0.568. The van der Waals surface area contributed by atoms with Gasteiger partial charge in [-0.1, -0.05) is 30.3 Å². The van der Waals surface area contributed by atoms with Crippen molar-refractivity contribution in [1.82, 2.24) is 16.3 Å². The van der Waals surface area contributed by atoms with Gasteiger partial charge in [-0.3, -0.25) is 25.2 Å². The largest absolute Gasteiger partial charge is 0.464 e. The van der Waals surface area contributed by atoms with Crippen LogP contribution >= 0.6 is 0 Å². The highest BCUT2D eigenvalue weighted by atomic mass is 16.4. The Labute approximate surface area is 219 Å². The second-order valence-electron chi connectivity index (χ2n) is 9.40. The summed E-state index contributed by atoms with van der Waals surface area (Å²) < 4.78 is 11.6. The van der Waals surface area contributed by atoms with Crippen LogP contribution in [-0.2, 0) is 17.6 Å². The highest BCUT2D eigenvalue weighted by Crippen LogP contribution is 2.30. The molecular formula is C29H28N4O5. The number of furan rings is 2. The highest BCUT2D eigenvalue weighted by molar-refractivity contribution is 6.07. The van der Waals surface area contributed by atoms with Crippen molar-refractivity contribution in [3.8, 4) is 0 Å². The van der Waals surface area contributed by atoms with Crippen molar-refractivity contribution >= 4 is 34.4 Å². The fraction of sp³-hybridized carbons (Fsp3) is 0.241. The van der Waals surface area contributed by atoms with Gasteiger partial charge in [-0.05, 0) is 56.9 Å². The molecule has 9 heteroatoms. The maximum atomic E-state index is 12.8. The number of benzene rings is 2. The summed E-state index contributed by atoms with van der Waals surface area (Å²) >= 11 is 0. The Kier molecular flexibility index (Phi) is 6.83. The van der Waals surface area contributed by atoms with Crippen LogP contribution in [-0.4, -0.2) is 23.4 Å². The molecule has 0 fully saturated rings. The molecule has 194 valence electrons. The first-order valence-electron chi connectivity index (χ1n) is 12.4. The molecule has 3 N–H and O–H groups in total. The summed E-state index contributed by atoms with van der Waals surface area (Å²) in [6.07, 6.45) is 3.78. The summed E-state index contributed by atoms with van der Waals surface area (Å²) in [6, 6.07) is 12.5. The van der Waals surface area contributed by atoms with Crippen molar-refractivity contribution < 1.29 is 23.2 Å². The predicted molar refractivity (Wildman–Crippen MR) is 142 cm³/mol. The maximum absolute atomic E-state index is 12.8. The molecule has 0 aliphatic heterocycles. The smallest absolute Gasteiger partial charge is 0.305 e. The van der Waals surface area contributed by atoms with Crippen LogP contribution in [0.15, 0.2) is 62.7 Å². The van der Waals surface area contributed by atoms with E-state index in [1.165, 1.54) is 0 Å². The van der Waals surface area contributed by atoms with Crippen molar-refractivity contribution in [3.63, 3.8) is 0 Å². The third-order valence-electron chi connectivity index (χ3n) is 6.87. The zero-order valence-corrected chi connectivity index (χ0v) is 21.4. The average molecular weight is 513 g/mol. The van der Waals surface area contributed by atoms with E-state index in [1.807, 2.05) is 26.0 Å². The van der Waals surface area contributed by atoms with Gasteiger partial charge in [0.15, 0.2) is 5.76 Å². The first kappa shape index (κ1) is 25.0. The topological polar surface area (TPSA) is 126 Å². The average Bonchev–Trinajstić information content (AvgIpc) is 3.49. The summed E-state index contributed by atoms with van der Waals surface area (Å²) in [6.45, 7) is 5.78. The Hall–Kier alpha value is -4.66. The van der Waals surface area contributed by atoms with Crippen LogP contribution < -0.4 is 16.3 Å². The Balaban J connectivity index is 1.28. The summed E-state index contributed by atoms with van der Waals surface area (Å²) in [7, 11) is 0. The third kappa shape index (κ3) is 4.82. The molecule has 1 aliphatic rings. The monoisotopic (exact) mass is 512 g/mol. The van der Waals surface area contributed by atoms with Crippen LogP contribution in [0.1, 0.15) is 67.3 Å². The number of hydrogen-bond donors (Lipinski definition) is 3. The van der Waals surface area contributed by atoms with E-state index >= 15 is 0 Å². The molecule has 0 spiro atoms. The Morgan fingerprint density at radius 2 is 1.68 bits per heavy atom. The maximum Gasteiger partial charge on any atom is 0.305 e. The lowest BCUT2D eigenvalue weighted by molar-refractivity contribution is -0.120. The lowest BCUT2D eigenvalue weighted by Gasteiger charge is -2.13. The van der Waals surface area contributed by atoms with Crippen LogP contribution in [0.25, 0.3) is 11.0 Å². The molecule has 3 amide bonds. The summed E-state index contributed by atoms with van der Waals surface area (Å²) in [4.78, 5) is 37.8. The zero-order chi connectivity index (χ0) is 26.8. The molecule has 5 rings (SSSR count). The zero-order valence-electron chi connectivity index (χ0n) is 21.4. The van der Waals surface area contributed by atoms with Crippen LogP contribution in [0.3, 0.4) is 0 Å². The van der Waals surface area contributed by atoms with Gasteiger partial charge in [0.1, 0.15) is 11.3 Å². The van der Waals surface area contributed by atoms with Crippen LogP contribution in [0.2, 0.25) is 0 Å². The number of carbonyl (C=O) groups is 3. The molecular weight excluding hydrogens is 484 g/mol. The molecule has 0 saturated carbocycles. The predicted octanol–water partition coefficient (Wildman–Crippen LogP) is 4.43. The van der Waals surface area contributed by atoms with E-state index in [0.717, 1.165) is 39.6 Å². The molecule has 0 radical (unpaired) electrons. The minimum Gasteiger partial charge on any atom is -0.464 e. The van der Waals surface area contributed by atoms with E-state index in [0.29, 0.717) is 35.4 Å². The molecule has 0 unspecified atom stereocenters. The van der Waals surface area contributed by atoms with Gasteiger partial charge in [-0.2, -0.15) is 5.10 Å². The van der Waals surface area contributed by atoms with Gasteiger partial charge < -0.3 is 8.83 Å². The van der Waals surface area contributed by atoms with E-state index in [-0.39, 0.29) is 18.1 Å². The number of amides is 3. The Morgan fingerprint density at radius 1 is 0.921 bits per heavy atom. The molecule has 0 saturated heterocycles. The van der Waals surface area contributed by atoms with Gasteiger partial charge in [0.05, 0.1) is 18.4 Å². The van der Waals surface area contributed by atoms with E-state index in [9.17, 15) is 14.4 Å². The second kappa shape index (κ2) is 10.4. The van der Waals surface area contributed by atoms with Gasteiger partial charge >= 0.3 is 5.91 Å². The van der Waals surface area contributed by atoms with Gasteiger partial charge in [0, 0.05) is 34.1 Å². The van der Waals surface area contributed by atoms with Gasteiger partial charge in [-0.25, -0.2) is 5.43 Å². The molecule has 0 atom stereocenters. The summed E-state index contributed by atoms with van der Waals surface area (Å²) in [5, 5.41) is 5.30. The number of hydrogen-bond acceptors (Lipinski definition) is 6. The number of hydrazone groups is 1. The first-order chi connectivity index (χ1) is 18.3. The number of hydrazine groups is 1. The van der Waals surface area contributed by atoms with Crippen molar-refractivity contribution in [2.24, 2.45) is 5.10 Å². The molecule has 1 aliphatic carbocycles. The molecule has 4 aromatic rings. The quantitative estimate of drug-likeness (QED) is 0.341. The van der Waals surface area contributed by atoms with Crippen molar-refractivity contribution in [2.75, 3.05) is 0 Å². The van der Waals surface area contributed by atoms with Crippen LogP contribution in [0.4, 0.5) is 0 Å². The number of aryl methyl sites for hydroxylation is 3. The van der Waals surface area contributed by atoms with Crippen LogP contribution in [0.5, 0.6) is 0 Å². The number of rotatable bonds is 5. The van der Waals surface area contributed by atoms with Gasteiger partial charge in [-0.15, -0.1) is 0 Å². The lowest BCUT2D eigenvalue weighted by atomic mass is 9.93. The number of carbonyl (C=O) groups excluding carboxylic acids is 3. The molecule has 2 aromatic carbocycles. The molecule has 2 heterocycles. The third-order valence-corrected chi connectivity index (χ3v) is 6.87. The fourth-order valence-corrected chi connectivity index (χ4v) is 4.70. The summed E-state index contributed by atoms with van der Waals surface area (Å²) in [5.74, 6) is -0.545. The van der Waals surface area contributed by atoms with Crippen molar-refractivity contribution in [1.29, 1.82) is 0 Å². The highest BCUT2D eigenvalue weighted by Gasteiger charge is 2.28. The summed E-state index contributed by atoms with van der Waals surface area (Å²) in [5.41, 5.74) is 13.6. The normalized spacial score (nSPS) is 13.8. The standard InChI is InChI=1S/C29H28N4O5/c1-16-12-13-21-20(15-37-26(21)17(16)2)14-24(34)31-30-22-10-7-11-23-25(22)18(3)27(38-23)29(36)33-32-28(35)19-8-5-4-6-9-19/h4-6,8-9,12-13,15H,7,10-11,14H2,1-3H3,(H,31,34)(H,32,35)(H,33,36)/b30-22+. The Morgan fingerprint density at radius 3 is 2.47 bits per heavy atom. The first-order valence-corrected chi connectivity index (χ1v) is 12.4. The van der Waals surface area contributed by atoms with Gasteiger partial charge in [0.25, 0.3) is 5.91 Å².